The van der Waals surface area contributed by atoms with Gasteiger partial charge in [0.05, 0.1) is 26.5 Å². The first-order chi connectivity index (χ1) is 18.5. The predicted molar refractivity (Wildman–Crippen MR) is 150 cm³/mol. The molecule has 0 spiro atoms. The molecule has 1 fully saturated rings. The lowest BCUT2D eigenvalue weighted by atomic mass is 9.96. The van der Waals surface area contributed by atoms with Crippen LogP contribution in [0.4, 0.5) is 0 Å². The number of likely N-dealkylation sites (N-methyl/N-ethyl adjacent to an activating group) is 1. The van der Waals surface area contributed by atoms with Crippen molar-refractivity contribution >= 4 is 38.6 Å². The van der Waals surface area contributed by atoms with E-state index in [1.165, 1.54) is 51.9 Å². The molecule has 0 aliphatic carbocycles. The molecule has 2 aromatic carbocycles. The molecule has 1 atom stereocenters. The van der Waals surface area contributed by atoms with Gasteiger partial charge < -0.3 is 15.0 Å². The van der Waals surface area contributed by atoms with Crippen molar-refractivity contribution in [1.29, 1.82) is 0 Å². The second-order valence-corrected chi connectivity index (χ2v) is 11.7. The number of hydrogen-bond acceptors (Lipinski definition) is 7. The van der Waals surface area contributed by atoms with Gasteiger partial charge in [0.15, 0.2) is 0 Å². The van der Waals surface area contributed by atoms with E-state index < -0.39 is 27.8 Å². The number of piperidine rings is 1. The third-order valence-corrected chi connectivity index (χ3v) is 8.40. The Labute approximate surface area is 230 Å². The van der Waals surface area contributed by atoms with Crippen molar-refractivity contribution < 1.29 is 27.5 Å². The molecule has 1 aliphatic rings. The summed E-state index contributed by atoms with van der Waals surface area (Å²) in [5.74, 6) is -1.43. The van der Waals surface area contributed by atoms with Gasteiger partial charge in [-0.3, -0.25) is 14.5 Å². The molecular formula is C28H38N4O6S. The molecule has 0 radical (unpaired) electrons. The van der Waals surface area contributed by atoms with E-state index in [1.54, 1.807) is 0 Å². The Morgan fingerprint density at radius 1 is 1.10 bits per heavy atom. The van der Waals surface area contributed by atoms with Crippen molar-refractivity contribution in [3.8, 4) is 0 Å². The summed E-state index contributed by atoms with van der Waals surface area (Å²) < 4.78 is 31.1. The van der Waals surface area contributed by atoms with Gasteiger partial charge >= 0.3 is 5.97 Å². The molecule has 1 heterocycles. The maximum Gasteiger partial charge on any atom is 0.330 e. The molecule has 0 bridgehead atoms. The highest BCUT2D eigenvalue weighted by molar-refractivity contribution is 7.88. The number of esters is 1. The minimum Gasteiger partial charge on any atom is -0.466 e. The minimum absolute atomic E-state index is 0.0984. The lowest BCUT2D eigenvalue weighted by Gasteiger charge is -2.40. The van der Waals surface area contributed by atoms with Gasteiger partial charge in [0, 0.05) is 44.8 Å². The predicted octanol–water partition coefficient (Wildman–Crippen LogP) is 1.93. The number of amides is 2. The monoisotopic (exact) mass is 558 g/mol. The van der Waals surface area contributed by atoms with Gasteiger partial charge in [-0.05, 0) is 36.1 Å². The summed E-state index contributed by atoms with van der Waals surface area (Å²) in [5.41, 5.74) is 1.24. The van der Waals surface area contributed by atoms with Crippen molar-refractivity contribution in [3.63, 3.8) is 0 Å². The highest BCUT2D eigenvalue weighted by Crippen LogP contribution is 2.31. The Balaban J connectivity index is 1.57. The number of rotatable bonds is 11. The molecule has 212 valence electrons. The van der Waals surface area contributed by atoms with E-state index in [0.717, 1.165) is 6.26 Å². The second kappa shape index (κ2) is 13.7. The summed E-state index contributed by atoms with van der Waals surface area (Å²) in [6, 6.07) is 14.5. The van der Waals surface area contributed by atoms with Gasteiger partial charge in [0.1, 0.15) is 0 Å². The van der Waals surface area contributed by atoms with Crippen molar-refractivity contribution in [3.05, 3.63) is 60.2 Å². The Morgan fingerprint density at radius 3 is 2.44 bits per heavy atom. The number of likely N-dealkylation sites (tertiary alicyclic amines) is 1. The van der Waals surface area contributed by atoms with Crippen LogP contribution in [0.1, 0.15) is 31.4 Å². The fourth-order valence-corrected chi connectivity index (χ4v) is 6.00. The molecule has 11 heteroatoms. The number of fused-ring (bicyclic) bond motifs is 1. The molecule has 1 N–H and O–H groups in total. The van der Waals surface area contributed by atoms with E-state index in [-0.39, 0.29) is 31.7 Å². The lowest BCUT2D eigenvalue weighted by Crippen LogP contribution is -2.51. The largest absolute Gasteiger partial charge is 0.466 e. The first-order valence-corrected chi connectivity index (χ1v) is 14.8. The van der Waals surface area contributed by atoms with Gasteiger partial charge in [0.25, 0.3) is 0 Å². The van der Waals surface area contributed by atoms with E-state index in [2.05, 4.69) is 52.2 Å². The number of methoxy groups -OCH3 is 1. The van der Waals surface area contributed by atoms with E-state index in [1.807, 2.05) is 12.1 Å². The third kappa shape index (κ3) is 8.35. The molecular weight excluding hydrogens is 520 g/mol. The number of nitrogens with zero attached hydrogens (tertiary/aromatic N) is 3. The van der Waals surface area contributed by atoms with E-state index in [0.29, 0.717) is 25.9 Å². The normalized spacial score (nSPS) is 15.9. The van der Waals surface area contributed by atoms with Crippen LogP contribution in [-0.2, 0) is 29.1 Å². The van der Waals surface area contributed by atoms with Crippen LogP contribution in [0.2, 0.25) is 0 Å². The minimum atomic E-state index is -3.65. The van der Waals surface area contributed by atoms with Crippen LogP contribution in [0.25, 0.3) is 10.8 Å². The summed E-state index contributed by atoms with van der Waals surface area (Å²) in [6.45, 7) is 3.11. The molecule has 1 aliphatic heterocycles. The quantitative estimate of drug-likeness (QED) is 0.331. The molecule has 1 saturated heterocycles. The standard InChI is InChI=1S/C28H38N4O6S/c1-21(24-12-7-10-22-9-5-6-11-25(22)24)31-17-14-23(15-18-31)32(39(4,36)37)20-27(34)30(2)19-26(33)29-16-8-13-28(35)38-3/h5-13,21,23H,14-20H2,1-4H3,(H,29,33)/b13-8+/t21-/m1/s1. The van der Waals surface area contributed by atoms with E-state index in [9.17, 15) is 22.8 Å². The SMILES string of the molecule is COC(=O)/C=C/CNC(=O)CN(C)C(=O)CN(C1CCN([C@H](C)c2cccc3ccccc23)CC1)S(C)(=O)=O. The molecule has 3 rings (SSSR count). The van der Waals surface area contributed by atoms with Crippen LogP contribution < -0.4 is 5.32 Å². The van der Waals surface area contributed by atoms with Crippen molar-refractivity contribution in [2.45, 2.75) is 31.8 Å². The average Bonchev–Trinajstić information content (AvgIpc) is 2.92. The lowest BCUT2D eigenvalue weighted by molar-refractivity contribution is -0.135. The molecule has 0 aromatic heterocycles. The van der Waals surface area contributed by atoms with Crippen LogP contribution in [0.3, 0.4) is 0 Å². The fourth-order valence-electron chi connectivity index (χ4n) is 4.90. The number of carbonyl (C=O) groups excluding carboxylic acids is 3. The molecule has 0 saturated carbocycles. The van der Waals surface area contributed by atoms with Crippen molar-refractivity contribution in [2.24, 2.45) is 0 Å². The molecule has 2 amide bonds. The smallest absolute Gasteiger partial charge is 0.330 e. The van der Waals surface area contributed by atoms with Crippen LogP contribution in [0.5, 0.6) is 0 Å². The third-order valence-electron chi connectivity index (χ3n) is 7.12. The summed E-state index contributed by atoms with van der Waals surface area (Å²) in [7, 11) is -0.943. The Kier molecular flexibility index (Phi) is 10.6. The highest BCUT2D eigenvalue weighted by Gasteiger charge is 2.34. The van der Waals surface area contributed by atoms with E-state index >= 15 is 0 Å². The zero-order valence-electron chi connectivity index (χ0n) is 23.0. The van der Waals surface area contributed by atoms with E-state index in [4.69, 9.17) is 0 Å². The summed E-state index contributed by atoms with van der Waals surface area (Å²) in [5, 5.41) is 4.97. The number of benzene rings is 2. The zero-order valence-corrected chi connectivity index (χ0v) is 23.8. The second-order valence-electron chi connectivity index (χ2n) is 9.80. The number of hydrogen-bond donors (Lipinski definition) is 1. The summed E-state index contributed by atoms with van der Waals surface area (Å²) in [4.78, 5) is 39.7. The topological polar surface area (TPSA) is 116 Å². The molecule has 39 heavy (non-hydrogen) atoms. The summed E-state index contributed by atoms with van der Waals surface area (Å²) >= 11 is 0. The van der Waals surface area contributed by atoms with Gasteiger partial charge in [-0.25, -0.2) is 13.2 Å². The Hall–Kier alpha value is -3.28. The van der Waals surface area contributed by atoms with Gasteiger partial charge in [-0.2, -0.15) is 4.31 Å². The zero-order chi connectivity index (χ0) is 28.6. The van der Waals surface area contributed by atoms with Gasteiger partial charge in [0.2, 0.25) is 21.8 Å². The van der Waals surface area contributed by atoms with Gasteiger partial charge in [-0.15, -0.1) is 0 Å². The molecule has 10 nitrogen and oxygen atoms in total. The average molecular weight is 559 g/mol. The number of ether oxygens (including phenoxy) is 1. The van der Waals surface area contributed by atoms with Crippen molar-refractivity contribution in [2.75, 3.05) is 53.1 Å². The summed E-state index contributed by atoms with van der Waals surface area (Å²) in [6.07, 6.45) is 4.95. The maximum absolute atomic E-state index is 12.9. The molecule has 2 aromatic rings. The highest BCUT2D eigenvalue weighted by atomic mass is 32.2. The maximum atomic E-state index is 12.9. The van der Waals surface area contributed by atoms with Crippen LogP contribution in [-0.4, -0.2) is 99.5 Å². The van der Waals surface area contributed by atoms with Gasteiger partial charge in [-0.1, -0.05) is 48.5 Å². The number of nitrogens with one attached hydrogen (secondary N) is 1. The first-order valence-electron chi connectivity index (χ1n) is 12.9. The van der Waals surface area contributed by atoms with Crippen molar-refractivity contribution in [1.82, 2.24) is 19.4 Å². The Morgan fingerprint density at radius 2 is 1.77 bits per heavy atom. The van der Waals surface area contributed by atoms with Crippen LogP contribution >= 0.6 is 0 Å². The number of carbonyl (C=O) groups is 3. The van der Waals surface area contributed by atoms with Crippen LogP contribution in [0.15, 0.2) is 54.6 Å². The molecule has 0 unspecified atom stereocenters. The number of sulfonamides is 1. The van der Waals surface area contributed by atoms with Crippen LogP contribution in [0, 0.1) is 0 Å². The fraction of sp³-hybridized carbons (Fsp3) is 0.464. The Bertz CT molecular complexity index is 1300. The first kappa shape index (κ1) is 30.3.